The molecule has 2 N–H and O–H groups in total. The number of anilines is 2. The molecule has 0 aliphatic carbocycles. The Morgan fingerprint density at radius 1 is 1.07 bits per heavy atom. The molecule has 0 aliphatic rings. The molecule has 0 bridgehead atoms. The van der Waals surface area contributed by atoms with Gasteiger partial charge in [0.15, 0.2) is 5.65 Å². The van der Waals surface area contributed by atoms with Gasteiger partial charge in [-0.3, -0.25) is 14.4 Å². The molecule has 0 saturated carbocycles. The first-order valence-corrected chi connectivity index (χ1v) is 10.2. The number of fused-ring (bicyclic) bond motifs is 1. The van der Waals surface area contributed by atoms with Gasteiger partial charge in [-0.1, -0.05) is 12.1 Å². The van der Waals surface area contributed by atoms with Gasteiger partial charge in [0.2, 0.25) is 0 Å². The summed E-state index contributed by atoms with van der Waals surface area (Å²) >= 11 is 3.32. The molecular weight excluding hydrogens is 451 g/mol. The average molecular weight is 463 g/mol. The lowest BCUT2D eigenvalue weighted by Gasteiger charge is -2.13. The largest absolute Gasteiger partial charge is 0.322 e. The number of nitrogens with zero attached hydrogens (tertiary/aromatic N) is 4. The van der Waals surface area contributed by atoms with Gasteiger partial charge in [-0.05, 0) is 40.2 Å². The summed E-state index contributed by atoms with van der Waals surface area (Å²) in [6, 6.07) is 10.5. The second-order valence-electron chi connectivity index (χ2n) is 5.68. The van der Waals surface area contributed by atoms with E-state index in [2.05, 4.69) is 40.4 Å². The predicted molar refractivity (Wildman–Crippen MR) is 106 cm³/mol. The van der Waals surface area contributed by atoms with Crippen LogP contribution in [-0.2, 0) is 10.2 Å². The van der Waals surface area contributed by atoms with E-state index < -0.39 is 16.0 Å². The Bertz CT molecular complexity index is 1260. The fraction of sp³-hybridized carbons (Fsp3) is 0. The lowest BCUT2D eigenvalue weighted by atomic mass is 10.1. The Morgan fingerprint density at radius 2 is 1.82 bits per heavy atom. The Hall–Kier alpha value is -3.05. The number of pyridine rings is 1. The molecule has 0 saturated heterocycles. The number of aromatic nitrogens is 4. The fourth-order valence-electron chi connectivity index (χ4n) is 2.55. The smallest absolute Gasteiger partial charge is 0.267 e. The number of hydrogen-bond acceptors (Lipinski definition) is 5. The molecule has 1 aromatic carbocycles. The first-order valence-electron chi connectivity index (χ1n) is 7.93. The molecule has 0 aliphatic heterocycles. The van der Waals surface area contributed by atoms with Gasteiger partial charge in [0.05, 0.1) is 22.1 Å². The highest BCUT2D eigenvalue weighted by molar-refractivity contribution is 9.10. The maximum Gasteiger partial charge on any atom is 0.322 e. The van der Waals surface area contributed by atoms with E-state index in [4.69, 9.17) is 0 Å². The minimum absolute atomic E-state index is 0.0931. The van der Waals surface area contributed by atoms with Gasteiger partial charge in [-0.15, -0.1) is 0 Å². The van der Waals surface area contributed by atoms with Crippen LogP contribution in [0.5, 0.6) is 0 Å². The quantitative estimate of drug-likeness (QED) is 0.472. The van der Waals surface area contributed by atoms with Gasteiger partial charge >= 0.3 is 10.2 Å². The van der Waals surface area contributed by atoms with Crippen LogP contribution in [0, 0.1) is 5.82 Å². The summed E-state index contributed by atoms with van der Waals surface area (Å²) in [4.78, 5) is 8.23. The summed E-state index contributed by atoms with van der Waals surface area (Å²) in [5, 5.41) is 4.12. The molecule has 142 valence electrons. The Morgan fingerprint density at radius 3 is 2.57 bits per heavy atom. The van der Waals surface area contributed by atoms with Gasteiger partial charge < -0.3 is 0 Å². The standard InChI is InChI=1S/C17H12BrFN6O2S/c18-13-10-21-25-16(24-28(26,27)23-11-5-7-20-8-6-11)9-15(22-17(13)25)12-3-1-2-4-14(12)19/h1-10,24H,(H,20,23). The van der Waals surface area contributed by atoms with Crippen LogP contribution in [0.2, 0.25) is 0 Å². The lowest BCUT2D eigenvalue weighted by molar-refractivity contribution is 0.605. The Labute approximate surface area is 167 Å². The molecule has 0 amide bonds. The van der Waals surface area contributed by atoms with Crippen LogP contribution >= 0.6 is 15.9 Å². The zero-order valence-corrected chi connectivity index (χ0v) is 16.4. The van der Waals surface area contributed by atoms with Crippen LogP contribution in [0.3, 0.4) is 0 Å². The zero-order chi connectivity index (χ0) is 19.7. The molecule has 4 rings (SSSR count). The number of benzene rings is 1. The van der Waals surface area contributed by atoms with E-state index in [-0.39, 0.29) is 17.1 Å². The third-order valence-corrected chi connectivity index (χ3v) is 5.29. The number of halogens is 2. The highest BCUT2D eigenvalue weighted by Gasteiger charge is 2.18. The van der Waals surface area contributed by atoms with Crippen molar-refractivity contribution in [2.75, 3.05) is 9.44 Å². The van der Waals surface area contributed by atoms with Crippen LogP contribution < -0.4 is 9.44 Å². The van der Waals surface area contributed by atoms with Crippen LogP contribution in [0.1, 0.15) is 0 Å². The van der Waals surface area contributed by atoms with Crippen molar-refractivity contribution in [3.63, 3.8) is 0 Å². The monoisotopic (exact) mass is 462 g/mol. The molecule has 0 fully saturated rings. The second kappa shape index (κ2) is 7.17. The van der Waals surface area contributed by atoms with Crippen LogP contribution in [-0.4, -0.2) is 28.0 Å². The highest BCUT2D eigenvalue weighted by Crippen LogP contribution is 2.28. The Kier molecular flexibility index (Phi) is 4.69. The third kappa shape index (κ3) is 3.66. The van der Waals surface area contributed by atoms with Crippen molar-refractivity contribution in [2.24, 2.45) is 0 Å². The predicted octanol–water partition coefficient (Wildman–Crippen LogP) is 3.46. The molecule has 0 radical (unpaired) electrons. The highest BCUT2D eigenvalue weighted by atomic mass is 79.9. The summed E-state index contributed by atoms with van der Waals surface area (Å²) in [5.41, 5.74) is 1.17. The first-order chi connectivity index (χ1) is 13.4. The van der Waals surface area contributed by atoms with Crippen molar-refractivity contribution in [1.82, 2.24) is 19.6 Å². The molecule has 11 heteroatoms. The maximum absolute atomic E-state index is 14.2. The SMILES string of the molecule is O=S(=O)(Nc1ccncc1)Nc1cc(-c2ccccc2F)nc2c(Br)cnn12. The lowest BCUT2D eigenvalue weighted by Crippen LogP contribution is -2.23. The molecule has 0 atom stereocenters. The van der Waals surface area contributed by atoms with E-state index in [1.54, 1.807) is 18.2 Å². The van der Waals surface area contributed by atoms with Crippen molar-refractivity contribution in [3.8, 4) is 11.3 Å². The summed E-state index contributed by atoms with van der Waals surface area (Å²) in [7, 11) is -4.00. The van der Waals surface area contributed by atoms with Crippen molar-refractivity contribution in [2.45, 2.75) is 0 Å². The number of rotatable bonds is 5. The molecule has 0 unspecified atom stereocenters. The molecule has 3 heterocycles. The molecule has 8 nitrogen and oxygen atoms in total. The van der Waals surface area contributed by atoms with Gasteiger partial charge in [-0.25, -0.2) is 9.37 Å². The molecule has 3 aromatic heterocycles. The molecule has 4 aromatic rings. The van der Waals surface area contributed by atoms with Crippen molar-refractivity contribution in [3.05, 3.63) is 71.3 Å². The van der Waals surface area contributed by atoms with E-state index in [9.17, 15) is 12.8 Å². The van der Waals surface area contributed by atoms with Gasteiger partial charge in [0, 0.05) is 24.0 Å². The van der Waals surface area contributed by atoms with Gasteiger partial charge in [0.1, 0.15) is 11.6 Å². The van der Waals surface area contributed by atoms with E-state index >= 15 is 0 Å². The molecule has 0 spiro atoms. The number of hydrogen-bond donors (Lipinski definition) is 2. The van der Waals surface area contributed by atoms with E-state index in [0.717, 1.165) is 0 Å². The zero-order valence-electron chi connectivity index (χ0n) is 14.0. The van der Waals surface area contributed by atoms with E-state index in [0.29, 0.717) is 15.8 Å². The van der Waals surface area contributed by atoms with Crippen molar-refractivity contribution in [1.29, 1.82) is 0 Å². The minimum atomic E-state index is -4.00. The average Bonchev–Trinajstić information content (AvgIpc) is 3.03. The second-order valence-corrected chi connectivity index (χ2v) is 7.95. The van der Waals surface area contributed by atoms with E-state index in [1.165, 1.54) is 47.4 Å². The Balaban J connectivity index is 1.79. The van der Waals surface area contributed by atoms with Crippen LogP contribution in [0.4, 0.5) is 15.9 Å². The first kappa shape index (κ1) is 18.3. The number of nitrogens with one attached hydrogen (secondary N) is 2. The third-order valence-electron chi connectivity index (χ3n) is 3.75. The summed E-state index contributed by atoms with van der Waals surface area (Å²) in [6.07, 6.45) is 4.40. The van der Waals surface area contributed by atoms with Crippen molar-refractivity contribution < 1.29 is 12.8 Å². The normalized spacial score (nSPS) is 11.5. The summed E-state index contributed by atoms with van der Waals surface area (Å²) < 4.78 is 46.0. The molecular formula is C17H12BrFN6O2S. The van der Waals surface area contributed by atoms with Gasteiger partial charge in [0.25, 0.3) is 0 Å². The topological polar surface area (TPSA) is 101 Å². The van der Waals surface area contributed by atoms with Crippen LogP contribution in [0.15, 0.2) is 65.5 Å². The summed E-state index contributed by atoms with van der Waals surface area (Å²) in [6.45, 7) is 0. The van der Waals surface area contributed by atoms with E-state index in [1.807, 2.05) is 0 Å². The van der Waals surface area contributed by atoms with Gasteiger partial charge in [-0.2, -0.15) is 18.0 Å². The maximum atomic E-state index is 14.2. The molecule has 28 heavy (non-hydrogen) atoms. The fourth-order valence-corrected chi connectivity index (χ4v) is 3.82. The van der Waals surface area contributed by atoms with Crippen LogP contribution in [0.25, 0.3) is 16.9 Å². The minimum Gasteiger partial charge on any atom is -0.267 e. The summed E-state index contributed by atoms with van der Waals surface area (Å²) in [5.74, 6) is -0.380. The van der Waals surface area contributed by atoms with Crippen molar-refractivity contribution >= 4 is 43.3 Å².